The molecule has 0 aromatic carbocycles. The van der Waals surface area contributed by atoms with Crippen LogP contribution in [0.15, 0.2) is 30.6 Å². The highest BCUT2D eigenvalue weighted by Crippen LogP contribution is 2.19. The van der Waals surface area contributed by atoms with Crippen LogP contribution >= 0.6 is 0 Å². The van der Waals surface area contributed by atoms with Crippen LogP contribution in [0, 0.1) is 0 Å². The van der Waals surface area contributed by atoms with E-state index in [2.05, 4.69) is 10.1 Å². The van der Waals surface area contributed by atoms with Crippen LogP contribution in [0.3, 0.4) is 0 Å². The molecule has 0 aliphatic carbocycles. The molecule has 0 bridgehead atoms. The molecule has 98 valence electrons. The van der Waals surface area contributed by atoms with Gasteiger partial charge >= 0.3 is 0 Å². The van der Waals surface area contributed by atoms with Gasteiger partial charge in [0, 0.05) is 18.5 Å². The van der Waals surface area contributed by atoms with Crippen molar-refractivity contribution in [2.75, 3.05) is 5.73 Å². The number of pyridine rings is 1. The fourth-order valence-electron chi connectivity index (χ4n) is 1.38. The van der Waals surface area contributed by atoms with Crippen LogP contribution in [0.2, 0.25) is 0 Å². The Morgan fingerprint density at radius 1 is 1.28 bits per heavy atom. The van der Waals surface area contributed by atoms with Gasteiger partial charge in [0.25, 0.3) is 0 Å². The van der Waals surface area contributed by atoms with E-state index in [4.69, 9.17) is 5.73 Å². The molecule has 0 unspecified atom stereocenters. The Labute approximate surface area is 107 Å². The van der Waals surface area contributed by atoms with Crippen molar-refractivity contribution in [3.63, 3.8) is 0 Å². The zero-order valence-electron chi connectivity index (χ0n) is 11.3. The molecule has 0 saturated heterocycles. The molecule has 0 fully saturated rings. The van der Waals surface area contributed by atoms with Crippen molar-refractivity contribution in [1.29, 1.82) is 0 Å². The van der Waals surface area contributed by atoms with E-state index in [-0.39, 0.29) is 0 Å². The van der Waals surface area contributed by atoms with E-state index in [0.29, 0.717) is 11.5 Å². The smallest absolute Gasteiger partial charge is 0.145 e. The van der Waals surface area contributed by atoms with E-state index in [1.54, 1.807) is 43.1 Å². The number of anilines is 1. The Hall–Kier alpha value is -1.88. The maximum atomic E-state index is 9.85. The summed E-state index contributed by atoms with van der Waals surface area (Å²) in [5.41, 5.74) is 6.00. The topological polar surface area (TPSA) is 77.0 Å². The highest BCUT2D eigenvalue weighted by molar-refractivity contribution is 5.36. The van der Waals surface area contributed by atoms with Gasteiger partial charge in [0.15, 0.2) is 0 Å². The first-order valence-electron chi connectivity index (χ1n) is 5.97. The number of nitrogens with zero attached hydrogens (tertiary/aromatic N) is 3. The van der Waals surface area contributed by atoms with Gasteiger partial charge in [0.2, 0.25) is 0 Å². The molecule has 3 N–H and O–H groups in total. The number of rotatable bonds is 2. The van der Waals surface area contributed by atoms with Gasteiger partial charge in [-0.05, 0) is 26.0 Å². The van der Waals surface area contributed by atoms with E-state index in [1.807, 2.05) is 19.9 Å². The molecule has 0 aliphatic heterocycles. The van der Waals surface area contributed by atoms with Crippen LogP contribution in [0.5, 0.6) is 0 Å². The van der Waals surface area contributed by atoms with Crippen molar-refractivity contribution in [3.8, 4) is 5.69 Å². The summed E-state index contributed by atoms with van der Waals surface area (Å²) < 4.78 is 1.65. The molecule has 0 spiro atoms. The molecule has 0 saturated carbocycles. The Balaban J connectivity index is 0.000000771. The first-order chi connectivity index (χ1) is 8.47. The normalized spacial score (nSPS) is 10.7. The Morgan fingerprint density at radius 3 is 2.44 bits per heavy atom. The van der Waals surface area contributed by atoms with Crippen molar-refractivity contribution >= 4 is 5.82 Å². The largest absolute Gasteiger partial charge is 0.384 e. The second kappa shape index (κ2) is 5.64. The number of aromatic nitrogens is 3. The van der Waals surface area contributed by atoms with Gasteiger partial charge < -0.3 is 10.8 Å². The summed E-state index contributed by atoms with van der Waals surface area (Å²) in [6.45, 7) is 7.38. The standard InChI is InChI=1S/C11H14N4O.C2H6/c1-11(2,16)9-7-8(3-5-13-9)15-6-4-10(12)14-15;1-2/h3-7,16H,1-2H3,(H2,12,14);1-2H3. The number of aliphatic hydroxyl groups is 1. The maximum Gasteiger partial charge on any atom is 0.145 e. The molecular weight excluding hydrogens is 228 g/mol. The lowest BCUT2D eigenvalue weighted by Gasteiger charge is -2.16. The van der Waals surface area contributed by atoms with Gasteiger partial charge in [-0.2, -0.15) is 5.10 Å². The van der Waals surface area contributed by atoms with Gasteiger partial charge in [0.1, 0.15) is 11.4 Å². The third kappa shape index (κ3) is 3.30. The molecule has 2 heterocycles. The summed E-state index contributed by atoms with van der Waals surface area (Å²) in [6.07, 6.45) is 3.40. The van der Waals surface area contributed by atoms with E-state index in [0.717, 1.165) is 5.69 Å². The molecule has 5 nitrogen and oxygen atoms in total. The van der Waals surface area contributed by atoms with E-state index < -0.39 is 5.60 Å². The van der Waals surface area contributed by atoms with Crippen molar-refractivity contribution in [2.45, 2.75) is 33.3 Å². The molecule has 0 amide bonds. The summed E-state index contributed by atoms with van der Waals surface area (Å²) in [7, 11) is 0. The number of nitrogens with two attached hydrogens (primary N) is 1. The minimum Gasteiger partial charge on any atom is -0.384 e. The molecule has 2 rings (SSSR count). The SMILES string of the molecule is CC.CC(C)(O)c1cc(-n2ccc(N)n2)ccn1. The molecule has 2 aromatic rings. The van der Waals surface area contributed by atoms with Crippen LogP contribution in [0.25, 0.3) is 5.69 Å². The van der Waals surface area contributed by atoms with Crippen LogP contribution in [-0.4, -0.2) is 19.9 Å². The fourth-order valence-corrected chi connectivity index (χ4v) is 1.38. The van der Waals surface area contributed by atoms with Crippen molar-refractivity contribution in [3.05, 3.63) is 36.3 Å². The Kier molecular flexibility index (Phi) is 4.44. The second-order valence-corrected chi connectivity index (χ2v) is 4.14. The van der Waals surface area contributed by atoms with E-state index >= 15 is 0 Å². The minimum atomic E-state index is -0.964. The van der Waals surface area contributed by atoms with Crippen molar-refractivity contribution in [1.82, 2.24) is 14.8 Å². The molecule has 0 atom stereocenters. The quantitative estimate of drug-likeness (QED) is 0.853. The first kappa shape index (κ1) is 14.2. The Bertz CT molecular complexity index is 500. The van der Waals surface area contributed by atoms with Crippen LogP contribution < -0.4 is 5.73 Å². The lowest BCUT2D eigenvalue weighted by atomic mass is 10.0. The molecular formula is C13H20N4O. The average Bonchev–Trinajstić information content (AvgIpc) is 2.78. The number of hydrogen-bond acceptors (Lipinski definition) is 4. The molecule has 0 aliphatic rings. The van der Waals surface area contributed by atoms with Gasteiger partial charge in [-0.25, -0.2) is 4.68 Å². The monoisotopic (exact) mass is 248 g/mol. The van der Waals surface area contributed by atoms with E-state index in [1.165, 1.54) is 0 Å². The second-order valence-electron chi connectivity index (χ2n) is 4.14. The average molecular weight is 248 g/mol. The van der Waals surface area contributed by atoms with Crippen LogP contribution in [0.4, 0.5) is 5.82 Å². The fraction of sp³-hybridized carbons (Fsp3) is 0.385. The van der Waals surface area contributed by atoms with Crippen LogP contribution in [0.1, 0.15) is 33.4 Å². The Morgan fingerprint density at radius 2 is 1.94 bits per heavy atom. The maximum absolute atomic E-state index is 9.85. The summed E-state index contributed by atoms with van der Waals surface area (Å²) in [4.78, 5) is 4.12. The predicted molar refractivity (Wildman–Crippen MR) is 72.4 cm³/mol. The van der Waals surface area contributed by atoms with Crippen molar-refractivity contribution in [2.24, 2.45) is 0 Å². The third-order valence-electron chi connectivity index (χ3n) is 2.24. The highest BCUT2D eigenvalue weighted by atomic mass is 16.3. The molecule has 5 heteroatoms. The molecule has 2 aromatic heterocycles. The minimum absolute atomic E-state index is 0.460. The number of hydrogen-bond donors (Lipinski definition) is 2. The first-order valence-corrected chi connectivity index (χ1v) is 5.97. The van der Waals surface area contributed by atoms with Gasteiger partial charge in [-0.3, -0.25) is 4.98 Å². The summed E-state index contributed by atoms with van der Waals surface area (Å²) in [5, 5.41) is 13.9. The zero-order chi connectivity index (χ0) is 13.8. The van der Waals surface area contributed by atoms with Gasteiger partial charge in [-0.1, -0.05) is 13.8 Å². The third-order valence-corrected chi connectivity index (χ3v) is 2.24. The van der Waals surface area contributed by atoms with E-state index in [9.17, 15) is 5.11 Å². The molecule has 0 radical (unpaired) electrons. The van der Waals surface area contributed by atoms with Crippen molar-refractivity contribution < 1.29 is 5.11 Å². The molecule has 18 heavy (non-hydrogen) atoms. The summed E-state index contributed by atoms with van der Waals surface area (Å²) in [6, 6.07) is 5.30. The van der Waals surface area contributed by atoms with Crippen LogP contribution in [-0.2, 0) is 5.60 Å². The zero-order valence-corrected chi connectivity index (χ0v) is 11.3. The van der Waals surface area contributed by atoms with Gasteiger partial charge in [0.05, 0.1) is 11.4 Å². The van der Waals surface area contributed by atoms with Gasteiger partial charge in [-0.15, -0.1) is 0 Å². The summed E-state index contributed by atoms with van der Waals surface area (Å²) in [5.74, 6) is 0.460. The highest BCUT2D eigenvalue weighted by Gasteiger charge is 2.18. The lowest BCUT2D eigenvalue weighted by Crippen LogP contribution is -2.17. The predicted octanol–water partition coefficient (Wildman–Crippen LogP) is 2.10. The number of nitrogen functional groups attached to an aromatic ring is 1. The summed E-state index contributed by atoms with van der Waals surface area (Å²) >= 11 is 0. The lowest BCUT2D eigenvalue weighted by molar-refractivity contribution is 0.0738.